The standard InChI is InChI=1S/C22H36N2O4S/c1-4-6-17-8-12-19(13-9-17)28-15-21-20(23-29(26,27)5-2)14-11-18-10-7-16(3)22(25)24(18)21/h7,10,17,19-21,23H,4-6,8-9,11-15H2,1-3H3/t17?,19?,20-,21-/m0/s1. The lowest BCUT2D eigenvalue weighted by atomic mass is 9.84. The summed E-state index contributed by atoms with van der Waals surface area (Å²) in [6.45, 7) is 6.05. The van der Waals surface area contributed by atoms with Gasteiger partial charge in [0.1, 0.15) is 0 Å². The Morgan fingerprint density at radius 1 is 1.14 bits per heavy atom. The molecule has 1 aromatic rings. The molecular formula is C22H36N2O4S. The second kappa shape index (κ2) is 9.75. The number of ether oxygens (including phenoxy) is 1. The number of aromatic nitrogens is 1. The predicted octanol–water partition coefficient (Wildman–Crippen LogP) is 3.33. The molecule has 0 bridgehead atoms. The van der Waals surface area contributed by atoms with E-state index in [4.69, 9.17) is 4.74 Å². The van der Waals surface area contributed by atoms with Crippen LogP contribution in [0.5, 0.6) is 0 Å². The lowest BCUT2D eigenvalue weighted by Crippen LogP contribution is -2.50. The zero-order chi connectivity index (χ0) is 21.0. The molecule has 2 atom stereocenters. The highest BCUT2D eigenvalue weighted by atomic mass is 32.2. The highest BCUT2D eigenvalue weighted by Gasteiger charge is 2.34. The molecule has 1 fully saturated rings. The number of nitrogens with one attached hydrogen (secondary N) is 1. The van der Waals surface area contributed by atoms with Gasteiger partial charge < -0.3 is 9.30 Å². The van der Waals surface area contributed by atoms with Gasteiger partial charge in [-0.3, -0.25) is 4.79 Å². The van der Waals surface area contributed by atoms with E-state index in [1.165, 1.54) is 25.7 Å². The van der Waals surface area contributed by atoms with Crippen LogP contribution in [-0.4, -0.2) is 37.5 Å². The molecule has 1 saturated carbocycles. The molecule has 29 heavy (non-hydrogen) atoms. The second-order valence-electron chi connectivity index (χ2n) is 8.68. The molecule has 2 heterocycles. The monoisotopic (exact) mass is 424 g/mol. The fraction of sp³-hybridized carbons (Fsp3) is 0.773. The van der Waals surface area contributed by atoms with Crippen molar-refractivity contribution in [3.8, 4) is 0 Å². The van der Waals surface area contributed by atoms with Gasteiger partial charge in [-0.25, -0.2) is 13.1 Å². The normalized spacial score (nSPS) is 27.6. The Bertz CT molecular complexity index is 841. The molecule has 0 unspecified atom stereocenters. The molecular weight excluding hydrogens is 388 g/mol. The average Bonchev–Trinajstić information content (AvgIpc) is 2.71. The number of pyridine rings is 1. The summed E-state index contributed by atoms with van der Waals surface area (Å²) in [5.41, 5.74) is 1.61. The van der Waals surface area contributed by atoms with E-state index >= 15 is 0 Å². The Labute approximate surface area is 175 Å². The molecule has 0 amide bonds. The van der Waals surface area contributed by atoms with Crippen molar-refractivity contribution >= 4 is 10.0 Å². The van der Waals surface area contributed by atoms with Crippen molar-refractivity contribution in [3.63, 3.8) is 0 Å². The first-order chi connectivity index (χ1) is 13.8. The molecule has 6 nitrogen and oxygen atoms in total. The summed E-state index contributed by atoms with van der Waals surface area (Å²) in [6.07, 6.45) is 8.60. The van der Waals surface area contributed by atoms with Crippen LogP contribution in [0.15, 0.2) is 16.9 Å². The van der Waals surface area contributed by atoms with E-state index in [-0.39, 0.29) is 29.5 Å². The molecule has 7 heteroatoms. The van der Waals surface area contributed by atoms with Crippen molar-refractivity contribution in [3.05, 3.63) is 33.7 Å². The summed E-state index contributed by atoms with van der Waals surface area (Å²) in [4.78, 5) is 12.9. The Balaban J connectivity index is 1.76. The van der Waals surface area contributed by atoms with Gasteiger partial charge in [0.05, 0.1) is 24.5 Å². The van der Waals surface area contributed by atoms with E-state index in [1.807, 2.05) is 19.1 Å². The fourth-order valence-electron chi connectivity index (χ4n) is 4.81. The molecule has 164 valence electrons. The van der Waals surface area contributed by atoms with E-state index in [0.29, 0.717) is 25.0 Å². The summed E-state index contributed by atoms with van der Waals surface area (Å²) in [5, 5.41) is 0. The number of rotatable bonds is 8. The quantitative estimate of drug-likeness (QED) is 0.694. The van der Waals surface area contributed by atoms with Crippen LogP contribution in [-0.2, 0) is 21.2 Å². The number of aryl methyl sites for hydroxylation is 2. The molecule has 0 spiro atoms. The van der Waals surface area contributed by atoms with Crippen molar-refractivity contribution in [1.82, 2.24) is 9.29 Å². The van der Waals surface area contributed by atoms with Gasteiger partial charge >= 0.3 is 0 Å². The average molecular weight is 425 g/mol. The van der Waals surface area contributed by atoms with Gasteiger partial charge in [-0.15, -0.1) is 0 Å². The Kier molecular flexibility index (Phi) is 7.57. The first kappa shape index (κ1) is 22.5. The minimum atomic E-state index is -3.36. The first-order valence-electron chi connectivity index (χ1n) is 11.2. The van der Waals surface area contributed by atoms with Gasteiger partial charge in [0.2, 0.25) is 10.0 Å². The van der Waals surface area contributed by atoms with E-state index in [9.17, 15) is 13.2 Å². The van der Waals surface area contributed by atoms with Crippen LogP contribution in [0.2, 0.25) is 0 Å². The third-order valence-electron chi connectivity index (χ3n) is 6.60. The second-order valence-corrected chi connectivity index (χ2v) is 10.7. The third kappa shape index (κ3) is 5.50. The summed E-state index contributed by atoms with van der Waals surface area (Å²) >= 11 is 0. The summed E-state index contributed by atoms with van der Waals surface area (Å²) in [6, 6.07) is 3.23. The molecule has 0 saturated heterocycles. The first-order valence-corrected chi connectivity index (χ1v) is 12.8. The van der Waals surface area contributed by atoms with E-state index < -0.39 is 10.0 Å². The molecule has 0 radical (unpaired) electrons. The highest BCUT2D eigenvalue weighted by Crippen LogP contribution is 2.31. The van der Waals surface area contributed by atoms with E-state index in [2.05, 4.69) is 11.6 Å². The van der Waals surface area contributed by atoms with Gasteiger partial charge in [-0.2, -0.15) is 0 Å². The summed E-state index contributed by atoms with van der Waals surface area (Å²) < 4.78 is 35.4. The molecule has 1 N–H and O–H groups in total. The topological polar surface area (TPSA) is 77.4 Å². The molecule has 2 aliphatic rings. The van der Waals surface area contributed by atoms with Crippen LogP contribution in [0.4, 0.5) is 0 Å². The number of hydrogen-bond donors (Lipinski definition) is 1. The lowest BCUT2D eigenvalue weighted by Gasteiger charge is -2.37. The third-order valence-corrected chi connectivity index (χ3v) is 8.03. The number of nitrogens with zero attached hydrogens (tertiary/aromatic N) is 1. The van der Waals surface area contributed by atoms with Gasteiger partial charge in [-0.05, 0) is 64.4 Å². The number of fused-ring (bicyclic) bond motifs is 1. The van der Waals surface area contributed by atoms with Crippen LogP contribution in [0.3, 0.4) is 0 Å². The largest absolute Gasteiger partial charge is 0.376 e. The summed E-state index contributed by atoms with van der Waals surface area (Å²) in [5.74, 6) is 0.846. The van der Waals surface area contributed by atoms with Gasteiger partial charge in [0, 0.05) is 17.3 Å². The Hall–Kier alpha value is -1.18. The maximum Gasteiger partial charge on any atom is 0.254 e. The van der Waals surface area contributed by atoms with Crippen molar-refractivity contribution in [1.29, 1.82) is 0 Å². The van der Waals surface area contributed by atoms with Gasteiger partial charge in [0.15, 0.2) is 0 Å². The van der Waals surface area contributed by atoms with Crippen molar-refractivity contribution in [2.45, 2.75) is 90.3 Å². The lowest BCUT2D eigenvalue weighted by molar-refractivity contribution is -0.00735. The van der Waals surface area contributed by atoms with E-state index in [1.54, 1.807) is 11.5 Å². The van der Waals surface area contributed by atoms with Crippen LogP contribution in [0, 0.1) is 12.8 Å². The number of hydrogen-bond acceptors (Lipinski definition) is 4. The van der Waals surface area contributed by atoms with Crippen LogP contribution in [0.1, 0.15) is 76.1 Å². The van der Waals surface area contributed by atoms with Crippen molar-refractivity contribution < 1.29 is 13.2 Å². The van der Waals surface area contributed by atoms with Crippen LogP contribution < -0.4 is 10.3 Å². The minimum Gasteiger partial charge on any atom is -0.376 e. The minimum absolute atomic E-state index is 0.0358. The fourth-order valence-corrected chi connectivity index (χ4v) is 5.71. The van der Waals surface area contributed by atoms with E-state index in [0.717, 1.165) is 24.5 Å². The Morgan fingerprint density at radius 3 is 2.52 bits per heavy atom. The molecule has 3 rings (SSSR count). The molecule has 0 aromatic carbocycles. The van der Waals surface area contributed by atoms with Crippen LogP contribution in [0.25, 0.3) is 0 Å². The highest BCUT2D eigenvalue weighted by molar-refractivity contribution is 7.89. The molecule has 1 aliphatic heterocycles. The number of sulfonamides is 1. The zero-order valence-corrected chi connectivity index (χ0v) is 18.8. The molecule has 1 aromatic heterocycles. The van der Waals surface area contributed by atoms with Crippen molar-refractivity contribution in [2.24, 2.45) is 5.92 Å². The zero-order valence-electron chi connectivity index (χ0n) is 18.0. The Morgan fingerprint density at radius 2 is 1.86 bits per heavy atom. The summed E-state index contributed by atoms with van der Waals surface area (Å²) in [7, 11) is -3.36. The maximum atomic E-state index is 12.9. The van der Waals surface area contributed by atoms with Gasteiger partial charge in [-0.1, -0.05) is 25.8 Å². The molecule has 1 aliphatic carbocycles. The van der Waals surface area contributed by atoms with Crippen molar-refractivity contribution in [2.75, 3.05) is 12.4 Å². The SMILES string of the molecule is CCCC1CCC(OC[C@H]2[C@@H](NS(=O)(=O)CC)CCc3ccc(C)c(=O)n32)CC1. The van der Waals surface area contributed by atoms with Gasteiger partial charge in [0.25, 0.3) is 5.56 Å². The predicted molar refractivity (Wildman–Crippen MR) is 116 cm³/mol. The van der Waals surface area contributed by atoms with Crippen LogP contribution >= 0.6 is 0 Å². The smallest absolute Gasteiger partial charge is 0.254 e. The maximum absolute atomic E-state index is 12.9.